The van der Waals surface area contributed by atoms with Crippen LogP contribution >= 0.6 is 23.4 Å². The van der Waals surface area contributed by atoms with E-state index in [0.29, 0.717) is 22.2 Å². The Labute approximate surface area is 194 Å². The summed E-state index contributed by atoms with van der Waals surface area (Å²) in [4.78, 5) is 30.4. The number of hydrogen-bond donors (Lipinski definition) is 0. The molecule has 0 fully saturated rings. The highest BCUT2D eigenvalue weighted by Crippen LogP contribution is 2.42. The van der Waals surface area contributed by atoms with E-state index in [4.69, 9.17) is 30.5 Å². The zero-order valence-corrected chi connectivity index (χ0v) is 19.9. The number of ether oxygens (including phenoxy) is 4. The number of benzene rings is 2. The molecule has 0 radical (unpaired) electrons. The van der Waals surface area contributed by atoms with Gasteiger partial charge in [-0.15, -0.1) is 0 Å². The molecule has 0 saturated heterocycles. The lowest BCUT2D eigenvalue weighted by Gasteiger charge is -2.18. The van der Waals surface area contributed by atoms with E-state index in [-0.39, 0.29) is 39.7 Å². The average molecular weight is 479 g/mol. The number of carbonyl (C=O) groups is 1. The van der Waals surface area contributed by atoms with E-state index >= 15 is 0 Å². The topological polar surface area (TPSA) is 88.9 Å². The second kappa shape index (κ2) is 10.1. The Morgan fingerprint density at radius 2 is 1.84 bits per heavy atom. The van der Waals surface area contributed by atoms with Crippen LogP contribution in [0.4, 0.5) is 0 Å². The van der Waals surface area contributed by atoms with Gasteiger partial charge in [-0.05, 0) is 37.6 Å². The summed E-state index contributed by atoms with van der Waals surface area (Å²) in [5.41, 5.74) is 1.28. The van der Waals surface area contributed by atoms with Crippen LogP contribution in [0.2, 0.25) is 5.02 Å². The van der Waals surface area contributed by atoms with Crippen LogP contribution in [-0.4, -0.2) is 49.2 Å². The van der Waals surface area contributed by atoms with Gasteiger partial charge in [0.25, 0.3) is 5.56 Å². The zero-order valence-electron chi connectivity index (χ0n) is 18.4. The Kier molecular flexibility index (Phi) is 7.52. The van der Waals surface area contributed by atoms with E-state index in [2.05, 4.69) is 4.98 Å². The standard InChI is InChI=1S/C22H23ClN2O6S/c1-6-31-17(26)11-32-22-24-18-14(10-16(28-3)19(29-4)20(18)30-5)21(27)25(22)15-9-13(23)8-7-12(15)2/h7-10H,6,11H2,1-5H3. The molecule has 0 N–H and O–H groups in total. The number of nitrogens with zero attached hydrogens (tertiary/aromatic N) is 2. The summed E-state index contributed by atoms with van der Waals surface area (Å²) in [5, 5.41) is 1.01. The Hall–Kier alpha value is -2.91. The second-order valence-corrected chi connectivity index (χ2v) is 7.98. The van der Waals surface area contributed by atoms with E-state index in [9.17, 15) is 9.59 Å². The largest absolute Gasteiger partial charge is 0.493 e. The third kappa shape index (κ3) is 4.49. The molecule has 3 rings (SSSR count). The van der Waals surface area contributed by atoms with E-state index in [1.807, 2.05) is 13.0 Å². The fourth-order valence-corrected chi connectivity index (χ4v) is 4.19. The summed E-state index contributed by atoms with van der Waals surface area (Å²) >= 11 is 7.30. The van der Waals surface area contributed by atoms with E-state index < -0.39 is 5.97 Å². The number of carbonyl (C=O) groups excluding carboxylic acids is 1. The number of methoxy groups -OCH3 is 3. The molecule has 0 spiro atoms. The summed E-state index contributed by atoms with van der Waals surface area (Å²) in [6, 6.07) is 6.78. The molecule has 170 valence electrons. The van der Waals surface area contributed by atoms with Crippen molar-refractivity contribution in [2.75, 3.05) is 33.7 Å². The zero-order chi connectivity index (χ0) is 23.4. The smallest absolute Gasteiger partial charge is 0.316 e. The van der Waals surface area contributed by atoms with Crippen molar-refractivity contribution in [2.45, 2.75) is 19.0 Å². The van der Waals surface area contributed by atoms with E-state index in [1.54, 1.807) is 25.1 Å². The minimum Gasteiger partial charge on any atom is -0.493 e. The number of hydrogen-bond acceptors (Lipinski definition) is 8. The van der Waals surface area contributed by atoms with Crippen molar-refractivity contribution in [3.05, 3.63) is 45.2 Å². The van der Waals surface area contributed by atoms with Gasteiger partial charge >= 0.3 is 5.97 Å². The molecule has 0 saturated carbocycles. The number of esters is 1. The van der Waals surface area contributed by atoms with Crippen molar-refractivity contribution in [3.63, 3.8) is 0 Å². The highest BCUT2D eigenvalue weighted by molar-refractivity contribution is 7.99. The molecule has 0 aliphatic carbocycles. The van der Waals surface area contributed by atoms with Gasteiger partial charge in [0.15, 0.2) is 16.7 Å². The van der Waals surface area contributed by atoms with Gasteiger partial charge in [0.1, 0.15) is 5.52 Å². The highest BCUT2D eigenvalue weighted by Gasteiger charge is 2.23. The molecule has 8 nitrogen and oxygen atoms in total. The average Bonchev–Trinajstić information content (AvgIpc) is 2.78. The molecule has 0 aliphatic rings. The quantitative estimate of drug-likeness (QED) is 0.272. The monoisotopic (exact) mass is 478 g/mol. The summed E-state index contributed by atoms with van der Waals surface area (Å²) in [6.07, 6.45) is 0. The van der Waals surface area contributed by atoms with Gasteiger partial charge in [0.2, 0.25) is 5.75 Å². The van der Waals surface area contributed by atoms with Crippen LogP contribution in [-0.2, 0) is 9.53 Å². The molecule has 32 heavy (non-hydrogen) atoms. The molecule has 0 unspecified atom stereocenters. The molecule has 3 aromatic rings. The maximum atomic E-state index is 13.7. The van der Waals surface area contributed by atoms with Crippen molar-refractivity contribution in [1.82, 2.24) is 9.55 Å². The second-order valence-electron chi connectivity index (χ2n) is 6.60. The number of fused-ring (bicyclic) bond motifs is 1. The highest BCUT2D eigenvalue weighted by atomic mass is 35.5. The third-order valence-corrected chi connectivity index (χ3v) is 5.82. The Morgan fingerprint density at radius 3 is 2.47 bits per heavy atom. The number of aromatic nitrogens is 2. The summed E-state index contributed by atoms with van der Waals surface area (Å²) in [5.74, 6) is 0.456. The molecular weight excluding hydrogens is 456 g/mol. The molecule has 0 atom stereocenters. The van der Waals surface area contributed by atoms with Gasteiger partial charge in [-0.25, -0.2) is 4.98 Å². The maximum Gasteiger partial charge on any atom is 0.316 e. The number of rotatable bonds is 8. The molecule has 2 aromatic carbocycles. The molecule has 0 aliphatic heterocycles. The predicted molar refractivity (Wildman–Crippen MR) is 124 cm³/mol. The summed E-state index contributed by atoms with van der Waals surface area (Å²) in [7, 11) is 4.40. The fourth-order valence-electron chi connectivity index (χ4n) is 3.23. The molecule has 0 amide bonds. The summed E-state index contributed by atoms with van der Waals surface area (Å²) < 4.78 is 22.8. The van der Waals surface area contributed by atoms with Gasteiger partial charge in [0.05, 0.1) is 44.8 Å². The lowest BCUT2D eigenvalue weighted by molar-refractivity contribution is -0.139. The van der Waals surface area contributed by atoms with Crippen molar-refractivity contribution >= 4 is 40.2 Å². The van der Waals surface area contributed by atoms with Gasteiger partial charge in [-0.3, -0.25) is 14.2 Å². The normalized spacial score (nSPS) is 10.8. The Bertz CT molecular complexity index is 1230. The van der Waals surface area contributed by atoms with Crippen molar-refractivity contribution in [1.29, 1.82) is 0 Å². The van der Waals surface area contributed by atoms with Crippen molar-refractivity contribution in [2.24, 2.45) is 0 Å². The van der Waals surface area contributed by atoms with Crippen LogP contribution < -0.4 is 19.8 Å². The lowest BCUT2D eigenvalue weighted by atomic mass is 10.1. The van der Waals surface area contributed by atoms with E-state index in [0.717, 1.165) is 17.3 Å². The van der Waals surface area contributed by atoms with Gasteiger partial charge in [-0.2, -0.15) is 0 Å². The number of halogens is 1. The lowest BCUT2D eigenvalue weighted by Crippen LogP contribution is -2.23. The first-order valence-electron chi connectivity index (χ1n) is 9.66. The maximum absolute atomic E-state index is 13.7. The summed E-state index contributed by atoms with van der Waals surface area (Å²) in [6.45, 7) is 3.85. The molecule has 1 heterocycles. The van der Waals surface area contributed by atoms with Crippen LogP contribution in [0.25, 0.3) is 16.6 Å². The minimum atomic E-state index is -0.416. The van der Waals surface area contributed by atoms with Gasteiger partial charge in [-0.1, -0.05) is 29.4 Å². The first kappa shape index (κ1) is 23.7. The number of aryl methyl sites for hydroxylation is 1. The predicted octanol–water partition coefficient (Wildman–Crippen LogP) is 4.03. The van der Waals surface area contributed by atoms with Crippen LogP contribution in [0.1, 0.15) is 12.5 Å². The minimum absolute atomic E-state index is 0.0268. The fraction of sp³-hybridized carbons (Fsp3) is 0.318. The first-order chi connectivity index (χ1) is 15.4. The molecular formula is C22H23ClN2O6S. The SMILES string of the molecule is CCOC(=O)CSc1nc2c(OC)c(OC)c(OC)cc2c(=O)n1-c1cc(Cl)ccc1C. The Morgan fingerprint density at radius 1 is 1.12 bits per heavy atom. The Balaban J connectivity index is 2.37. The molecule has 1 aromatic heterocycles. The van der Waals surface area contributed by atoms with Crippen LogP contribution in [0, 0.1) is 6.92 Å². The third-order valence-electron chi connectivity index (χ3n) is 4.67. The number of thioether (sulfide) groups is 1. The van der Waals surface area contributed by atoms with Gasteiger partial charge in [0, 0.05) is 5.02 Å². The van der Waals surface area contributed by atoms with Crippen LogP contribution in [0.3, 0.4) is 0 Å². The van der Waals surface area contributed by atoms with Crippen molar-refractivity contribution in [3.8, 4) is 22.9 Å². The first-order valence-corrected chi connectivity index (χ1v) is 11.0. The van der Waals surface area contributed by atoms with Crippen molar-refractivity contribution < 1.29 is 23.7 Å². The van der Waals surface area contributed by atoms with Crippen LogP contribution in [0.15, 0.2) is 34.2 Å². The molecule has 10 heteroatoms. The van der Waals surface area contributed by atoms with Gasteiger partial charge < -0.3 is 18.9 Å². The van der Waals surface area contributed by atoms with E-state index in [1.165, 1.54) is 25.9 Å². The molecule has 0 bridgehead atoms. The van der Waals surface area contributed by atoms with Crippen LogP contribution in [0.5, 0.6) is 17.2 Å².